The summed E-state index contributed by atoms with van der Waals surface area (Å²) in [4.78, 5) is 28.4. The molecule has 1 amide bonds. The number of aryl methyl sites for hydroxylation is 2. The van der Waals surface area contributed by atoms with Crippen molar-refractivity contribution in [3.05, 3.63) is 58.8 Å². The number of fused-ring (bicyclic) bond motifs is 1. The maximum Gasteiger partial charge on any atom is 0.326 e. The number of carbonyl (C=O) groups excluding carboxylic acids is 1. The van der Waals surface area contributed by atoms with Gasteiger partial charge in [-0.15, -0.1) is 0 Å². The normalized spacial score (nSPS) is 19.9. The molecule has 1 atom stereocenters. The number of carbonyl (C=O) groups is 2. The van der Waals surface area contributed by atoms with Crippen molar-refractivity contribution in [2.45, 2.75) is 57.1 Å². The Balaban J connectivity index is 1.15. The fourth-order valence-electron chi connectivity index (χ4n) is 4.40. The number of aliphatic carboxylic acids is 1. The van der Waals surface area contributed by atoms with Gasteiger partial charge in [0.1, 0.15) is 11.9 Å². The monoisotopic (exact) mass is 473 g/mol. The lowest BCUT2D eigenvalue weighted by Crippen LogP contribution is -2.42. The number of carboxylic acid groups (broad SMARTS) is 1. The molecule has 34 heavy (non-hydrogen) atoms. The molecule has 0 unspecified atom stereocenters. The Hall–Kier alpha value is -3.07. The van der Waals surface area contributed by atoms with Gasteiger partial charge in [0.05, 0.1) is 6.10 Å². The van der Waals surface area contributed by atoms with E-state index < -0.39 is 29.6 Å². The van der Waals surface area contributed by atoms with Gasteiger partial charge < -0.3 is 20.5 Å². The van der Waals surface area contributed by atoms with E-state index in [4.69, 9.17) is 9.72 Å². The van der Waals surface area contributed by atoms with Crippen LogP contribution in [0, 0.1) is 17.6 Å². The Kier molecular flexibility index (Phi) is 7.72. The summed E-state index contributed by atoms with van der Waals surface area (Å²) >= 11 is 0. The molecule has 2 heterocycles. The zero-order valence-corrected chi connectivity index (χ0v) is 18.9. The van der Waals surface area contributed by atoms with Crippen LogP contribution in [0.4, 0.5) is 14.6 Å². The van der Waals surface area contributed by atoms with E-state index in [0.717, 1.165) is 74.8 Å². The van der Waals surface area contributed by atoms with E-state index in [-0.39, 0.29) is 24.7 Å². The third kappa shape index (κ3) is 6.08. The highest BCUT2D eigenvalue weighted by Crippen LogP contribution is 2.34. The molecular formula is C25H29F2N3O4. The molecule has 1 aromatic heterocycles. The summed E-state index contributed by atoms with van der Waals surface area (Å²) in [6, 6.07) is 5.77. The van der Waals surface area contributed by atoms with E-state index in [1.54, 1.807) is 0 Å². The van der Waals surface area contributed by atoms with Gasteiger partial charge in [-0.2, -0.15) is 0 Å². The van der Waals surface area contributed by atoms with Crippen molar-refractivity contribution in [2.75, 3.05) is 18.5 Å². The summed E-state index contributed by atoms with van der Waals surface area (Å²) in [5.41, 5.74) is 2.24. The van der Waals surface area contributed by atoms with Gasteiger partial charge in [0.2, 0.25) is 0 Å². The molecule has 0 saturated heterocycles. The van der Waals surface area contributed by atoms with Gasteiger partial charge >= 0.3 is 5.97 Å². The van der Waals surface area contributed by atoms with E-state index in [0.29, 0.717) is 5.92 Å². The number of rotatable bonds is 10. The second kappa shape index (κ2) is 10.9. The van der Waals surface area contributed by atoms with Crippen LogP contribution in [0.1, 0.15) is 53.7 Å². The van der Waals surface area contributed by atoms with Crippen molar-refractivity contribution in [1.29, 1.82) is 0 Å². The molecule has 1 aromatic carbocycles. The zero-order chi connectivity index (χ0) is 24.1. The molecule has 0 bridgehead atoms. The van der Waals surface area contributed by atoms with Crippen molar-refractivity contribution in [1.82, 2.24) is 10.3 Å². The SMILES string of the molecule is O=C(N[C@@H](CCO[C@H]1C[C@@H](CCc2ccc3c(n2)NCCC3)C1)C(=O)O)c1ccc(F)c(F)c1. The quantitative estimate of drug-likeness (QED) is 0.486. The van der Waals surface area contributed by atoms with Gasteiger partial charge in [-0.1, -0.05) is 6.07 Å². The lowest BCUT2D eigenvalue weighted by atomic mass is 9.79. The van der Waals surface area contributed by atoms with E-state index in [9.17, 15) is 23.5 Å². The first-order chi connectivity index (χ1) is 16.4. The number of benzene rings is 1. The minimum Gasteiger partial charge on any atom is -0.480 e. The number of hydrogen-bond acceptors (Lipinski definition) is 5. The molecule has 1 saturated carbocycles. The number of halogens is 2. The maximum absolute atomic E-state index is 13.3. The fourth-order valence-corrected chi connectivity index (χ4v) is 4.40. The minimum atomic E-state index is -1.21. The van der Waals surface area contributed by atoms with E-state index in [1.165, 1.54) is 5.56 Å². The van der Waals surface area contributed by atoms with Gasteiger partial charge in [0.15, 0.2) is 11.6 Å². The molecule has 3 N–H and O–H groups in total. The molecule has 2 aliphatic rings. The fraction of sp³-hybridized carbons (Fsp3) is 0.480. The number of aromatic nitrogens is 1. The molecule has 7 nitrogen and oxygen atoms in total. The number of nitrogens with one attached hydrogen (secondary N) is 2. The molecular weight excluding hydrogens is 444 g/mol. The summed E-state index contributed by atoms with van der Waals surface area (Å²) in [7, 11) is 0. The molecule has 0 spiro atoms. The summed E-state index contributed by atoms with van der Waals surface area (Å²) in [5, 5.41) is 15.1. The van der Waals surface area contributed by atoms with Crippen LogP contribution in [0.2, 0.25) is 0 Å². The van der Waals surface area contributed by atoms with Crippen LogP contribution < -0.4 is 10.6 Å². The van der Waals surface area contributed by atoms with Gasteiger partial charge in [0.25, 0.3) is 5.91 Å². The Morgan fingerprint density at radius 2 is 2.03 bits per heavy atom. The third-order valence-corrected chi connectivity index (χ3v) is 6.50. The first-order valence-corrected chi connectivity index (χ1v) is 11.7. The average molecular weight is 474 g/mol. The molecule has 1 aliphatic heterocycles. The topological polar surface area (TPSA) is 101 Å². The Morgan fingerprint density at radius 1 is 1.21 bits per heavy atom. The van der Waals surface area contributed by atoms with Crippen molar-refractivity contribution in [3.8, 4) is 0 Å². The third-order valence-electron chi connectivity index (χ3n) is 6.50. The first-order valence-electron chi connectivity index (χ1n) is 11.7. The van der Waals surface area contributed by atoms with Gasteiger partial charge in [-0.05, 0) is 74.3 Å². The van der Waals surface area contributed by atoms with Crippen LogP contribution >= 0.6 is 0 Å². The largest absolute Gasteiger partial charge is 0.480 e. The molecule has 9 heteroatoms. The molecule has 1 fully saturated rings. The molecule has 4 rings (SSSR count). The van der Waals surface area contributed by atoms with Crippen molar-refractivity contribution < 1.29 is 28.2 Å². The molecule has 182 valence electrons. The standard InChI is InChI=1S/C25H29F2N3O4/c26-20-8-5-17(14-21(20)27)24(31)30-22(25(32)33)9-11-34-19-12-15(13-19)3-6-18-7-4-16-2-1-10-28-23(16)29-18/h4-5,7-8,14-15,19,22H,1-3,6,9-13H2,(H,28,29)(H,30,31)(H,32,33)/t15-,19+,22-/m0/s1. The highest BCUT2D eigenvalue weighted by molar-refractivity contribution is 5.96. The summed E-state index contributed by atoms with van der Waals surface area (Å²) in [6.45, 7) is 1.16. The van der Waals surface area contributed by atoms with Crippen LogP contribution in [0.3, 0.4) is 0 Å². The first kappa shape index (κ1) is 24.1. The number of anilines is 1. The highest BCUT2D eigenvalue weighted by atomic mass is 19.2. The average Bonchev–Trinajstić information content (AvgIpc) is 2.80. The van der Waals surface area contributed by atoms with Gasteiger partial charge in [-0.3, -0.25) is 4.79 Å². The van der Waals surface area contributed by atoms with Crippen LogP contribution in [0.25, 0.3) is 0 Å². The summed E-state index contributed by atoms with van der Waals surface area (Å²) < 4.78 is 32.1. The number of carboxylic acids is 1. The van der Waals surface area contributed by atoms with Crippen molar-refractivity contribution >= 4 is 17.7 Å². The zero-order valence-electron chi connectivity index (χ0n) is 18.9. The van der Waals surface area contributed by atoms with Gasteiger partial charge in [0, 0.05) is 30.8 Å². The van der Waals surface area contributed by atoms with E-state index in [1.807, 2.05) is 0 Å². The predicted octanol–water partition coefficient (Wildman–Crippen LogP) is 3.72. The lowest BCUT2D eigenvalue weighted by molar-refractivity contribution is -0.140. The lowest BCUT2D eigenvalue weighted by Gasteiger charge is -2.35. The summed E-state index contributed by atoms with van der Waals surface area (Å²) in [6.07, 6.45) is 6.18. The number of hydrogen-bond donors (Lipinski definition) is 3. The Morgan fingerprint density at radius 3 is 2.79 bits per heavy atom. The Labute approximate surface area is 196 Å². The van der Waals surface area contributed by atoms with Crippen LogP contribution in [0.15, 0.2) is 30.3 Å². The smallest absolute Gasteiger partial charge is 0.326 e. The second-order valence-electron chi connectivity index (χ2n) is 8.99. The molecule has 0 radical (unpaired) electrons. The van der Waals surface area contributed by atoms with Gasteiger partial charge in [-0.25, -0.2) is 18.6 Å². The highest BCUT2D eigenvalue weighted by Gasteiger charge is 2.30. The minimum absolute atomic E-state index is 0.0813. The number of ether oxygens (including phenoxy) is 1. The number of amides is 1. The van der Waals surface area contributed by atoms with Crippen LogP contribution in [0.5, 0.6) is 0 Å². The van der Waals surface area contributed by atoms with Crippen molar-refractivity contribution in [2.24, 2.45) is 5.92 Å². The van der Waals surface area contributed by atoms with Crippen LogP contribution in [-0.2, 0) is 22.4 Å². The molecule has 2 aromatic rings. The second-order valence-corrected chi connectivity index (χ2v) is 8.99. The van der Waals surface area contributed by atoms with Crippen LogP contribution in [-0.4, -0.2) is 47.3 Å². The summed E-state index contributed by atoms with van der Waals surface area (Å²) in [5.74, 6) is -2.66. The predicted molar refractivity (Wildman–Crippen MR) is 122 cm³/mol. The number of pyridine rings is 1. The molecule has 1 aliphatic carbocycles. The maximum atomic E-state index is 13.3. The van der Waals surface area contributed by atoms with Crippen molar-refractivity contribution in [3.63, 3.8) is 0 Å². The van der Waals surface area contributed by atoms with E-state index >= 15 is 0 Å². The van der Waals surface area contributed by atoms with E-state index in [2.05, 4.69) is 22.8 Å². The Bertz CT molecular complexity index is 1040. The number of nitrogens with zero attached hydrogens (tertiary/aromatic N) is 1.